The molecule has 4 N–H and O–H groups in total. The Hall–Kier alpha value is -4.53. The zero-order valence-corrected chi connectivity index (χ0v) is 23.2. The quantitative estimate of drug-likeness (QED) is 0.171. The number of aryl methyl sites for hydroxylation is 1. The number of pyridine rings is 1. The van der Waals surface area contributed by atoms with E-state index in [1.807, 2.05) is 84.7 Å². The van der Waals surface area contributed by atoms with E-state index in [1.165, 1.54) is 10.9 Å². The zero-order chi connectivity index (χ0) is 26.9. The lowest BCUT2D eigenvalue weighted by Gasteiger charge is -2.20. The third-order valence-electron chi connectivity index (χ3n) is 5.54. The van der Waals surface area contributed by atoms with E-state index in [1.54, 1.807) is 12.1 Å². The largest absolute Gasteiger partial charge is 0.432 e. The molecule has 7 nitrogen and oxygen atoms in total. The summed E-state index contributed by atoms with van der Waals surface area (Å²) in [6, 6.07) is 35.1. The minimum atomic E-state index is 0. The highest BCUT2D eigenvalue weighted by Crippen LogP contribution is 2.24. The van der Waals surface area contributed by atoms with Crippen LogP contribution in [0.2, 0.25) is 0 Å². The second kappa shape index (κ2) is 13.9. The van der Waals surface area contributed by atoms with Gasteiger partial charge in [-0.05, 0) is 84.0 Å². The highest BCUT2D eigenvalue weighted by atomic mass is 35.5. The highest BCUT2D eigenvalue weighted by molar-refractivity contribution is 7.80. The molecule has 5 rings (SSSR count). The number of azo groups is 1. The van der Waals surface area contributed by atoms with Crippen LogP contribution in [0.25, 0.3) is 10.8 Å². The van der Waals surface area contributed by atoms with Gasteiger partial charge in [0.15, 0.2) is 5.82 Å². The summed E-state index contributed by atoms with van der Waals surface area (Å²) in [5, 5.41) is 10.8. The average Bonchev–Trinajstić information content (AvgIpc) is 2.93. The Morgan fingerprint density at radius 2 is 1.51 bits per heavy atom. The number of nitrogens with two attached hydrogens (primary N) is 2. The van der Waals surface area contributed by atoms with Crippen molar-refractivity contribution in [2.24, 2.45) is 10.2 Å². The molecule has 1 heterocycles. The van der Waals surface area contributed by atoms with Crippen LogP contribution in [0, 0.1) is 6.92 Å². The van der Waals surface area contributed by atoms with E-state index in [9.17, 15) is 0 Å². The predicted molar refractivity (Wildman–Crippen MR) is 168 cm³/mol. The standard InChI is InChI=1S/C19H17NOS.C11H11N5.ClH/c1-14-6-5-9-17(12-14)20(2)19(22)21-18-11-10-15-7-3-4-8-16(15)13-18;12-10-7-6-9(11(13)14-10)16-15-8-4-2-1-3-5-8;/h3-13H,1-2H3;1-7H,(H4,12,13,14);1H. The zero-order valence-electron chi connectivity index (χ0n) is 21.6. The second-order valence-corrected chi connectivity index (χ2v) is 8.80. The number of thiocarbonyl (C=S) groups is 1. The third kappa shape index (κ3) is 8.23. The van der Waals surface area contributed by atoms with Gasteiger partial charge in [0.25, 0.3) is 5.17 Å². The Balaban J connectivity index is 0.000000220. The first-order chi connectivity index (χ1) is 18.4. The fraction of sp³-hybridized carbons (Fsp3) is 0.0667. The fourth-order valence-electron chi connectivity index (χ4n) is 3.52. The number of fused-ring (bicyclic) bond motifs is 1. The van der Waals surface area contributed by atoms with Gasteiger partial charge in [0.2, 0.25) is 0 Å². The van der Waals surface area contributed by atoms with Crippen LogP contribution in [0.4, 0.5) is 28.7 Å². The Labute approximate surface area is 239 Å². The van der Waals surface area contributed by atoms with Crippen molar-refractivity contribution in [2.45, 2.75) is 6.92 Å². The van der Waals surface area contributed by atoms with E-state index in [0.29, 0.717) is 16.7 Å². The smallest absolute Gasteiger partial charge is 0.269 e. The van der Waals surface area contributed by atoms with Gasteiger partial charge < -0.3 is 21.1 Å². The number of aromatic nitrogens is 1. The molecule has 5 aromatic rings. The Morgan fingerprint density at radius 1 is 0.795 bits per heavy atom. The summed E-state index contributed by atoms with van der Waals surface area (Å²) in [5.74, 6) is 1.40. The van der Waals surface area contributed by atoms with Crippen LogP contribution in [-0.2, 0) is 0 Å². The molecular weight excluding hydrogens is 528 g/mol. The van der Waals surface area contributed by atoms with Gasteiger partial charge in [0.1, 0.15) is 17.3 Å². The number of benzene rings is 4. The van der Waals surface area contributed by atoms with Crippen molar-refractivity contribution in [3.05, 3.63) is 115 Å². The summed E-state index contributed by atoms with van der Waals surface area (Å²) in [5.41, 5.74) is 14.6. The first kappa shape index (κ1) is 29.0. The molecule has 1 aromatic heterocycles. The highest BCUT2D eigenvalue weighted by Gasteiger charge is 2.10. The number of ether oxygens (including phenoxy) is 1. The number of nitrogens with zero attached hydrogens (tertiary/aromatic N) is 4. The fourth-order valence-corrected chi connectivity index (χ4v) is 3.72. The topological polar surface area (TPSA) is 102 Å². The van der Waals surface area contributed by atoms with E-state index in [2.05, 4.69) is 46.4 Å². The first-order valence-electron chi connectivity index (χ1n) is 11.9. The molecule has 0 aliphatic heterocycles. The van der Waals surface area contributed by atoms with Crippen molar-refractivity contribution in [1.29, 1.82) is 0 Å². The number of hydrogen-bond donors (Lipinski definition) is 2. The minimum Gasteiger partial charge on any atom is -0.432 e. The molecule has 0 radical (unpaired) electrons. The Kier molecular flexibility index (Phi) is 10.3. The molecule has 9 heteroatoms. The van der Waals surface area contributed by atoms with Gasteiger partial charge in [0.05, 0.1) is 5.69 Å². The lowest BCUT2D eigenvalue weighted by atomic mass is 10.1. The molecule has 0 amide bonds. The Morgan fingerprint density at radius 3 is 2.23 bits per heavy atom. The van der Waals surface area contributed by atoms with Crippen LogP contribution in [0.15, 0.2) is 119 Å². The van der Waals surface area contributed by atoms with Gasteiger partial charge >= 0.3 is 0 Å². The molecule has 4 aromatic carbocycles. The molecule has 0 aliphatic carbocycles. The summed E-state index contributed by atoms with van der Waals surface area (Å²) in [6.07, 6.45) is 0. The summed E-state index contributed by atoms with van der Waals surface area (Å²) < 4.78 is 5.84. The van der Waals surface area contributed by atoms with Crippen LogP contribution >= 0.6 is 24.6 Å². The number of hydrogen-bond acceptors (Lipinski definition) is 7. The van der Waals surface area contributed by atoms with Crippen molar-refractivity contribution in [2.75, 3.05) is 23.4 Å². The molecule has 0 atom stereocenters. The van der Waals surface area contributed by atoms with E-state index < -0.39 is 0 Å². The van der Waals surface area contributed by atoms with Crippen LogP contribution in [-0.4, -0.2) is 17.2 Å². The second-order valence-electron chi connectivity index (χ2n) is 8.45. The number of nitrogen functional groups attached to an aromatic ring is 2. The third-order valence-corrected chi connectivity index (χ3v) is 5.90. The van der Waals surface area contributed by atoms with Gasteiger partial charge in [-0.1, -0.05) is 60.7 Å². The van der Waals surface area contributed by atoms with E-state index in [4.69, 9.17) is 28.4 Å². The minimum absolute atomic E-state index is 0. The summed E-state index contributed by atoms with van der Waals surface area (Å²) in [7, 11) is 1.91. The van der Waals surface area contributed by atoms with Crippen molar-refractivity contribution in [1.82, 2.24) is 4.98 Å². The van der Waals surface area contributed by atoms with Crippen LogP contribution < -0.4 is 21.1 Å². The molecule has 0 fully saturated rings. The monoisotopic (exact) mass is 556 g/mol. The molecular formula is C30H29ClN6OS. The van der Waals surface area contributed by atoms with E-state index in [0.717, 1.165) is 22.5 Å². The number of halogens is 1. The van der Waals surface area contributed by atoms with Gasteiger partial charge in [-0.2, -0.15) is 5.11 Å². The van der Waals surface area contributed by atoms with Crippen molar-refractivity contribution in [3.8, 4) is 5.75 Å². The van der Waals surface area contributed by atoms with Crippen LogP contribution in [0.5, 0.6) is 5.75 Å². The summed E-state index contributed by atoms with van der Waals surface area (Å²) in [6.45, 7) is 2.06. The molecule has 0 unspecified atom stereocenters. The van der Waals surface area contributed by atoms with E-state index in [-0.39, 0.29) is 18.2 Å². The lowest BCUT2D eigenvalue weighted by Crippen LogP contribution is -2.29. The van der Waals surface area contributed by atoms with Gasteiger partial charge in [-0.15, -0.1) is 17.5 Å². The van der Waals surface area contributed by atoms with Gasteiger partial charge in [0, 0.05) is 12.7 Å². The van der Waals surface area contributed by atoms with Gasteiger partial charge in [-0.25, -0.2) is 4.98 Å². The summed E-state index contributed by atoms with van der Waals surface area (Å²) >= 11 is 5.41. The molecule has 39 heavy (non-hydrogen) atoms. The van der Waals surface area contributed by atoms with Gasteiger partial charge in [-0.3, -0.25) is 0 Å². The normalized spacial score (nSPS) is 10.3. The van der Waals surface area contributed by atoms with Crippen molar-refractivity contribution < 1.29 is 4.74 Å². The maximum absolute atomic E-state index is 5.84. The van der Waals surface area contributed by atoms with E-state index >= 15 is 0 Å². The Bertz CT molecular complexity index is 1580. The lowest BCUT2D eigenvalue weighted by molar-refractivity contribution is 0.553. The number of anilines is 3. The van der Waals surface area contributed by atoms with Crippen LogP contribution in [0.3, 0.4) is 0 Å². The summed E-state index contributed by atoms with van der Waals surface area (Å²) in [4.78, 5) is 5.76. The molecule has 198 valence electrons. The maximum atomic E-state index is 5.84. The van der Waals surface area contributed by atoms with Crippen LogP contribution in [0.1, 0.15) is 5.56 Å². The first-order valence-corrected chi connectivity index (χ1v) is 12.3. The molecule has 0 saturated heterocycles. The molecule has 0 bridgehead atoms. The molecule has 0 spiro atoms. The number of rotatable bonds is 4. The molecule has 0 aliphatic rings. The molecule has 0 saturated carbocycles. The van der Waals surface area contributed by atoms with Crippen molar-refractivity contribution >= 4 is 69.3 Å². The SMILES string of the molecule is Cc1cccc(N(C)C(=S)Oc2ccc3ccccc3c2)c1.Cl.Nc1ccc(N=Nc2ccccc2)c(N)n1. The average molecular weight is 557 g/mol. The van der Waals surface area contributed by atoms with Crippen molar-refractivity contribution in [3.63, 3.8) is 0 Å². The maximum Gasteiger partial charge on any atom is 0.269 e. The predicted octanol–water partition coefficient (Wildman–Crippen LogP) is 8.03.